The fourth-order valence-corrected chi connectivity index (χ4v) is 6.28. The molecule has 11 N–H and O–H groups in total. The quantitative estimate of drug-likeness (QED) is 0.141. The molecule has 0 bridgehead atoms. The van der Waals surface area contributed by atoms with E-state index in [1.54, 1.807) is 0 Å². The molecule has 6 atom stereocenters. The molecule has 2 aliphatic rings. The van der Waals surface area contributed by atoms with Crippen LogP contribution in [0.3, 0.4) is 0 Å². The lowest BCUT2D eigenvalue weighted by atomic mass is 9.75. The molecule has 0 radical (unpaired) electrons. The number of phenolic OH excluding ortho intramolecular Hbond substituents is 8. The number of aliphatic hydroxyl groups excluding tert-OH is 2. The summed E-state index contributed by atoms with van der Waals surface area (Å²) >= 11 is 0. The summed E-state index contributed by atoms with van der Waals surface area (Å²) in [5.74, 6) is -9.16. The van der Waals surface area contributed by atoms with Crippen LogP contribution in [-0.4, -0.2) is 74.3 Å². The lowest BCUT2D eigenvalue weighted by molar-refractivity contribution is -0.139. The number of aromatic hydroxyl groups is 8. The first kappa shape index (κ1) is 30.3. The Morgan fingerprint density at radius 3 is 1.70 bits per heavy atom. The average Bonchev–Trinajstić information content (AvgIpc) is 2.97. The zero-order valence-corrected chi connectivity index (χ0v) is 23.5. The summed E-state index contributed by atoms with van der Waals surface area (Å²) in [7, 11) is 0. The molecule has 6 unspecified atom stereocenters. The molecule has 240 valence electrons. The number of rotatable bonds is 5. The summed E-state index contributed by atoms with van der Waals surface area (Å²) in [6.45, 7) is 0. The molecule has 0 spiro atoms. The van der Waals surface area contributed by atoms with Gasteiger partial charge in [0.15, 0.2) is 35.2 Å². The van der Waals surface area contributed by atoms with Crippen LogP contribution in [0.15, 0.2) is 54.6 Å². The summed E-state index contributed by atoms with van der Waals surface area (Å²) in [6.07, 6.45) is -6.94. The third-order valence-electron chi connectivity index (χ3n) is 8.34. The standard InChI is InChI=1S/C32H28O14/c33-13-7-19(38)25-22(8-13)45-31(12-2-4-16(35)18(37)6-12)29(44)27(25)26-21(40)10-20(39)24-14(9-23(41)42)28(43)30(46-32(24)26)11-1-3-15(34)17(36)5-11/h1-8,10,14,27-31,33-40,43-44H,9H2,(H,41,42). The Bertz CT molecular complexity index is 1870. The van der Waals surface area contributed by atoms with Gasteiger partial charge >= 0.3 is 5.97 Å². The molecule has 46 heavy (non-hydrogen) atoms. The number of hydrogen-bond donors (Lipinski definition) is 11. The minimum absolute atomic E-state index is 0.0794. The molecule has 0 aliphatic carbocycles. The average molecular weight is 637 g/mol. The first-order valence-corrected chi connectivity index (χ1v) is 13.9. The second-order valence-electron chi connectivity index (χ2n) is 11.2. The van der Waals surface area contributed by atoms with Gasteiger partial charge in [-0.05, 0) is 35.4 Å². The zero-order valence-electron chi connectivity index (χ0n) is 23.5. The highest BCUT2D eigenvalue weighted by Gasteiger charge is 2.48. The summed E-state index contributed by atoms with van der Waals surface area (Å²) in [4.78, 5) is 12.0. The number of aliphatic carboxylic acids is 1. The minimum Gasteiger partial charge on any atom is -0.508 e. The number of hydrogen-bond acceptors (Lipinski definition) is 13. The molecule has 2 aliphatic heterocycles. The molecular formula is C32H28O14. The lowest BCUT2D eigenvalue weighted by Crippen LogP contribution is -2.38. The van der Waals surface area contributed by atoms with Crippen molar-refractivity contribution in [2.24, 2.45) is 0 Å². The van der Waals surface area contributed by atoms with Gasteiger partial charge in [-0.3, -0.25) is 4.79 Å². The number of fused-ring (bicyclic) bond motifs is 2. The van der Waals surface area contributed by atoms with Crippen LogP contribution in [0.4, 0.5) is 0 Å². The Kier molecular flexibility index (Phi) is 7.25. The van der Waals surface area contributed by atoms with Crippen molar-refractivity contribution in [1.29, 1.82) is 0 Å². The van der Waals surface area contributed by atoms with Crippen molar-refractivity contribution in [1.82, 2.24) is 0 Å². The predicted octanol–water partition coefficient (Wildman–Crippen LogP) is 3.01. The van der Waals surface area contributed by atoms with E-state index >= 15 is 0 Å². The van der Waals surface area contributed by atoms with Crippen molar-refractivity contribution in [2.75, 3.05) is 0 Å². The van der Waals surface area contributed by atoms with Crippen LogP contribution < -0.4 is 9.47 Å². The Labute approximate surface area is 259 Å². The van der Waals surface area contributed by atoms with Crippen LogP contribution in [0.25, 0.3) is 0 Å². The molecule has 0 aromatic heterocycles. The topological polar surface area (TPSA) is 258 Å². The Hall–Kier alpha value is -5.73. The highest BCUT2D eigenvalue weighted by Crippen LogP contribution is 2.59. The maximum atomic E-state index is 12.0. The first-order chi connectivity index (χ1) is 21.8. The molecule has 0 saturated carbocycles. The van der Waals surface area contributed by atoms with Crippen molar-refractivity contribution in [2.45, 2.75) is 42.7 Å². The van der Waals surface area contributed by atoms with E-state index in [-0.39, 0.29) is 39.3 Å². The van der Waals surface area contributed by atoms with E-state index in [4.69, 9.17) is 9.47 Å². The number of carboxylic acid groups (broad SMARTS) is 1. The van der Waals surface area contributed by atoms with Crippen LogP contribution >= 0.6 is 0 Å². The summed E-state index contributed by atoms with van der Waals surface area (Å²) < 4.78 is 12.1. The molecule has 14 nitrogen and oxygen atoms in total. The van der Waals surface area contributed by atoms with E-state index in [9.17, 15) is 61.0 Å². The number of ether oxygens (including phenoxy) is 2. The zero-order chi connectivity index (χ0) is 33.2. The number of benzene rings is 4. The van der Waals surface area contributed by atoms with Gasteiger partial charge in [0, 0.05) is 40.8 Å². The monoisotopic (exact) mass is 636 g/mol. The van der Waals surface area contributed by atoms with Crippen molar-refractivity contribution in [3.8, 4) is 57.5 Å². The van der Waals surface area contributed by atoms with Crippen molar-refractivity contribution in [3.63, 3.8) is 0 Å². The molecule has 0 amide bonds. The molecule has 4 aromatic rings. The molecule has 6 rings (SSSR count). The van der Waals surface area contributed by atoms with Gasteiger partial charge in [0.05, 0.1) is 12.3 Å². The first-order valence-electron chi connectivity index (χ1n) is 13.9. The Morgan fingerprint density at radius 2 is 1.13 bits per heavy atom. The smallest absolute Gasteiger partial charge is 0.304 e. The second-order valence-corrected chi connectivity index (χ2v) is 11.2. The van der Waals surface area contributed by atoms with Crippen molar-refractivity contribution < 1.29 is 70.4 Å². The van der Waals surface area contributed by atoms with E-state index in [2.05, 4.69) is 0 Å². The molecule has 14 heteroatoms. The molecular weight excluding hydrogens is 608 g/mol. The van der Waals surface area contributed by atoms with Crippen LogP contribution in [0.1, 0.15) is 58.3 Å². The van der Waals surface area contributed by atoms with Crippen LogP contribution in [0, 0.1) is 0 Å². The van der Waals surface area contributed by atoms with Crippen LogP contribution in [-0.2, 0) is 4.79 Å². The van der Waals surface area contributed by atoms with E-state index in [1.807, 2.05) is 0 Å². The van der Waals surface area contributed by atoms with Crippen LogP contribution in [0.2, 0.25) is 0 Å². The van der Waals surface area contributed by atoms with E-state index in [0.717, 1.165) is 42.5 Å². The van der Waals surface area contributed by atoms with Gasteiger partial charge in [0.1, 0.15) is 46.7 Å². The Balaban J connectivity index is 1.61. The SMILES string of the molecule is O=C(O)CC1c2c(O)cc(O)c(C3c4c(O)cc(O)cc4OC(c4ccc(O)c(O)c4)C3O)c2OC(c2ccc(O)c(O)c2)C1O. The molecule has 0 saturated heterocycles. The van der Waals surface area contributed by atoms with E-state index in [0.29, 0.717) is 0 Å². The predicted molar refractivity (Wildman–Crippen MR) is 155 cm³/mol. The van der Waals surface area contributed by atoms with E-state index < -0.39 is 94.6 Å². The van der Waals surface area contributed by atoms with Gasteiger partial charge in [-0.15, -0.1) is 0 Å². The number of carbonyl (C=O) groups is 1. The van der Waals surface area contributed by atoms with Gasteiger partial charge in [0.2, 0.25) is 0 Å². The molecule has 2 heterocycles. The van der Waals surface area contributed by atoms with Crippen molar-refractivity contribution in [3.05, 3.63) is 82.4 Å². The fourth-order valence-electron chi connectivity index (χ4n) is 6.28. The summed E-state index contributed by atoms with van der Waals surface area (Å²) in [5.41, 5.74) is -0.439. The van der Waals surface area contributed by atoms with Crippen LogP contribution in [0.5, 0.6) is 57.5 Å². The maximum Gasteiger partial charge on any atom is 0.304 e. The third kappa shape index (κ3) is 4.89. The van der Waals surface area contributed by atoms with Gasteiger partial charge in [0.25, 0.3) is 0 Å². The second kappa shape index (κ2) is 11.0. The van der Waals surface area contributed by atoms with Gasteiger partial charge in [-0.1, -0.05) is 12.1 Å². The number of phenols is 8. The third-order valence-corrected chi connectivity index (χ3v) is 8.34. The number of aliphatic hydroxyl groups is 2. The lowest BCUT2D eigenvalue weighted by Gasteiger charge is -2.42. The number of carboxylic acids is 1. The highest BCUT2D eigenvalue weighted by atomic mass is 16.5. The Morgan fingerprint density at radius 1 is 0.587 bits per heavy atom. The maximum absolute atomic E-state index is 12.0. The molecule has 4 aromatic carbocycles. The van der Waals surface area contributed by atoms with Crippen molar-refractivity contribution >= 4 is 5.97 Å². The molecule has 0 fully saturated rings. The van der Waals surface area contributed by atoms with Gasteiger partial charge < -0.3 is 65.6 Å². The van der Waals surface area contributed by atoms with E-state index in [1.165, 1.54) is 12.1 Å². The normalized spacial score (nSPS) is 23.4. The minimum atomic E-state index is -1.73. The summed E-state index contributed by atoms with van der Waals surface area (Å²) in [5, 5.41) is 117. The summed E-state index contributed by atoms with van der Waals surface area (Å²) in [6, 6.07) is 10.0. The largest absolute Gasteiger partial charge is 0.508 e. The highest BCUT2D eigenvalue weighted by molar-refractivity contribution is 5.71. The van der Waals surface area contributed by atoms with Gasteiger partial charge in [-0.2, -0.15) is 0 Å². The fraction of sp³-hybridized carbons (Fsp3) is 0.219. The van der Waals surface area contributed by atoms with Gasteiger partial charge in [-0.25, -0.2) is 0 Å².